The van der Waals surface area contributed by atoms with Gasteiger partial charge in [-0.1, -0.05) is 84.6 Å². The van der Waals surface area contributed by atoms with Gasteiger partial charge in [-0.25, -0.2) is 0 Å². The molecule has 0 radical (unpaired) electrons. The molecule has 0 amide bonds. The fraction of sp³-hybridized carbons (Fsp3) is 0.242. The summed E-state index contributed by atoms with van der Waals surface area (Å²) in [4.78, 5) is 29.4. The highest BCUT2D eigenvalue weighted by molar-refractivity contribution is 7.98. The number of nitrogens with zero attached hydrogens (tertiary/aromatic N) is 4. The molecule has 0 bridgehead atoms. The van der Waals surface area contributed by atoms with Crippen molar-refractivity contribution in [1.29, 1.82) is 0 Å². The fourth-order valence-electron chi connectivity index (χ4n) is 5.30. The number of Topliss-reactive ketones (excluding diaryl/α,β-unsaturated/α-hetero) is 1. The molecule has 3 aromatic carbocycles. The molecule has 2 aromatic heterocycles. The normalized spacial score (nSPS) is 12.4. The summed E-state index contributed by atoms with van der Waals surface area (Å²) in [6.45, 7) is 2.64. The van der Waals surface area contributed by atoms with E-state index < -0.39 is 5.97 Å². The zero-order valence-corrected chi connectivity index (χ0v) is 23.7. The number of benzene rings is 3. The highest BCUT2D eigenvalue weighted by atomic mass is 32.2. The molecular formula is C33H30N4O3S. The number of rotatable bonds is 10. The lowest BCUT2D eigenvalue weighted by atomic mass is 10.0. The number of ether oxygens (including phenoxy) is 1. The van der Waals surface area contributed by atoms with Gasteiger partial charge in [0.1, 0.15) is 0 Å². The summed E-state index contributed by atoms with van der Waals surface area (Å²) < 4.78 is 7.40. The maximum absolute atomic E-state index is 12.3. The molecule has 0 spiro atoms. The highest BCUT2D eigenvalue weighted by Gasteiger charge is 2.24. The summed E-state index contributed by atoms with van der Waals surface area (Å²) in [5.41, 5.74) is 7.17. The third kappa shape index (κ3) is 5.79. The maximum atomic E-state index is 12.3. The van der Waals surface area contributed by atoms with Crippen molar-refractivity contribution in [3.8, 4) is 11.4 Å². The Balaban J connectivity index is 1.11. The van der Waals surface area contributed by atoms with Crippen LogP contribution in [0, 0.1) is 0 Å². The van der Waals surface area contributed by atoms with Crippen LogP contribution in [0.3, 0.4) is 0 Å². The molecule has 5 aromatic rings. The number of aromatic nitrogens is 4. The highest BCUT2D eigenvalue weighted by Crippen LogP contribution is 2.37. The minimum atomic E-state index is -0.421. The molecule has 8 heteroatoms. The summed E-state index contributed by atoms with van der Waals surface area (Å²) in [6.07, 6.45) is 3.26. The van der Waals surface area contributed by atoms with E-state index in [1.807, 2.05) is 36.4 Å². The number of esters is 1. The molecule has 0 atom stereocenters. The lowest BCUT2D eigenvalue weighted by Crippen LogP contribution is -2.15. The number of thioether (sulfide) groups is 1. The second-order valence-corrected chi connectivity index (χ2v) is 11.0. The first-order valence-corrected chi connectivity index (χ1v) is 14.9. The lowest BCUT2D eigenvalue weighted by molar-refractivity contribution is -0.141. The van der Waals surface area contributed by atoms with Crippen molar-refractivity contribution in [1.82, 2.24) is 19.7 Å². The Morgan fingerprint density at radius 2 is 1.66 bits per heavy atom. The molecule has 0 N–H and O–H groups in total. The Bertz CT molecular complexity index is 1710. The Kier molecular flexibility index (Phi) is 7.91. The van der Waals surface area contributed by atoms with Crippen LogP contribution in [0.1, 0.15) is 46.1 Å². The zero-order valence-electron chi connectivity index (χ0n) is 22.9. The van der Waals surface area contributed by atoms with E-state index in [2.05, 4.69) is 39.9 Å². The molecular weight excluding hydrogens is 532 g/mol. The molecule has 0 saturated carbocycles. The number of pyridine rings is 1. The predicted octanol–water partition coefficient (Wildman–Crippen LogP) is 6.26. The Labute approximate surface area is 243 Å². The molecule has 1 aliphatic rings. The molecule has 0 saturated heterocycles. The van der Waals surface area contributed by atoms with E-state index in [0.29, 0.717) is 5.56 Å². The van der Waals surface area contributed by atoms with Crippen LogP contribution in [-0.4, -0.2) is 38.1 Å². The fourth-order valence-corrected chi connectivity index (χ4v) is 6.26. The van der Waals surface area contributed by atoms with Crippen LogP contribution in [0.4, 0.5) is 0 Å². The molecule has 7 nitrogen and oxygen atoms in total. The molecule has 0 aliphatic heterocycles. The number of ketones is 1. The third-order valence-electron chi connectivity index (χ3n) is 7.38. The summed E-state index contributed by atoms with van der Waals surface area (Å²) in [7, 11) is 0. The smallest absolute Gasteiger partial charge is 0.310 e. The number of carbonyl (C=O) groups excluding carboxylic acids is 2. The van der Waals surface area contributed by atoms with Crippen molar-refractivity contribution in [3.05, 3.63) is 107 Å². The average Bonchev–Trinajstić information content (AvgIpc) is 3.65. The standard InChI is InChI=1S/C33H30N4O3S/c1-2-37-32(31-25-11-6-7-13-27(25)34-28-14-8-12-26(28)31)35-36-33(37)41-21-23-17-15-22(16-18-23)19-30(39)40-20-29(38)24-9-4-3-5-10-24/h3-7,9-11,13,15-18H,2,8,12,14,19-21H2,1H3. The van der Waals surface area contributed by atoms with Gasteiger partial charge in [-0.05, 0) is 48.9 Å². The molecule has 0 unspecified atom stereocenters. The van der Waals surface area contributed by atoms with Gasteiger partial charge in [0.2, 0.25) is 0 Å². The SMILES string of the molecule is CCn1c(SCc2ccc(CC(=O)OCC(=O)c3ccccc3)cc2)nnc1-c1c2c(nc3ccccc13)CCC2. The summed E-state index contributed by atoms with van der Waals surface area (Å²) in [5.74, 6) is 1.00. The van der Waals surface area contributed by atoms with Crippen LogP contribution in [0.2, 0.25) is 0 Å². The minimum Gasteiger partial charge on any atom is -0.457 e. The number of para-hydroxylation sites is 1. The summed E-state index contributed by atoms with van der Waals surface area (Å²) in [5, 5.41) is 11.3. The second-order valence-electron chi connectivity index (χ2n) is 10.1. The van der Waals surface area contributed by atoms with E-state index in [0.717, 1.165) is 64.6 Å². The van der Waals surface area contributed by atoms with Crippen molar-refractivity contribution in [3.63, 3.8) is 0 Å². The van der Waals surface area contributed by atoms with E-state index in [4.69, 9.17) is 9.72 Å². The van der Waals surface area contributed by atoms with Gasteiger partial charge in [0.05, 0.1) is 11.9 Å². The van der Waals surface area contributed by atoms with Gasteiger partial charge < -0.3 is 9.30 Å². The van der Waals surface area contributed by atoms with Gasteiger partial charge in [0.15, 0.2) is 23.4 Å². The quantitative estimate of drug-likeness (QED) is 0.113. The van der Waals surface area contributed by atoms with Crippen molar-refractivity contribution in [2.45, 2.75) is 50.1 Å². The number of carbonyl (C=O) groups is 2. The van der Waals surface area contributed by atoms with Gasteiger partial charge in [-0.15, -0.1) is 10.2 Å². The van der Waals surface area contributed by atoms with E-state index in [9.17, 15) is 9.59 Å². The van der Waals surface area contributed by atoms with Gasteiger partial charge in [0, 0.05) is 34.5 Å². The first kappa shape index (κ1) is 26.9. The Hall–Kier alpha value is -4.30. The first-order valence-electron chi connectivity index (χ1n) is 13.9. The van der Waals surface area contributed by atoms with E-state index in [1.165, 1.54) is 16.8 Å². The third-order valence-corrected chi connectivity index (χ3v) is 8.41. The van der Waals surface area contributed by atoms with Crippen molar-refractivity contribution in [2.75, 3.05) is 6.61 Å². The number of aryl methyl sites for hydroxylation is 1. The Morgan fingerprint density at radius 1 is 0.902 bits per heavy atom. The van der Waals surface area contributed by atoms with Crippen molar-refractivity contribution < 1.29 is 14.3 Å². The lowest BCUT2D eigenvalue weighted by Gasteiger charge is -2.13. The monoisotopic (exact) mass is 562 g/mol. The van der Waals surface area contributed by atoms with E-state index >= 15 is 0 Å². The van der Waals surface area contributed by atoms with E-state index in [-0.39, 0.29) is 18.8 Å². The largest absolute Gasteiger partial charge is 0.457 e. The van der Waals surface area contributed by atoms with Crippen LogP contribution in [0.5, 0.6) is 0 Å². The summed E-state index contributed by atoms with van der Waals surface area (Å²) >= 11 is 1.65. The van der Waals surface area contributed by atoms with Crippen molar-refractivity contribution in [2.24, 2.45) is 0 Å². The topological polar surface area (TPSA) is 87.0 Å². The maximum Gasteiger partial charge on any atom is 0.310 e. The molecule has 2 heterocycles. The first-order chi connectivity index (χ1) is 20.1. The minimum absolute atomic E-state index is 0.118. The number of hydrogen-bond donors (Lipinski definition) is 0. The van der Waals surface area contributed by atoms with Gasteiger partial charge in [-0.2, -0.15) is 0 Å². The van der Waals surface area contributed by atoms with Gasteiger partial charge in [0.25, 0.3) is 0 Å². The second kappa shape index (κ2) is 12.1. The van der Waals surface area contributed by atoms with Gasteiger partial charge >= 0.3 is 5.97 Å². The Morgan fingerprint density at radius 3 is 2.46 bits per heavy atom. The van der Waals surface area contributed by atoms with Crippen LogP contribution in [0.15, 0.2) is 84.0 Å². The van der Waals surface area contributed by atoms with Crippen LogP contribution < -0.4 is 0 Å². The predicted molar refractivity (Wildman–Crippen MR) is 160 cm³/mol. The van der Waals surface area contributed by atoms with Gasteiger partial charge in [-0.3, -0.25) is 14.6 Å². The van der Waals surface area contributed by atoms with Crippen LogP contribution in [0.25, 0.3) is 22.3 Å². The van der Waals surface area contributed by atoms with Crippen molar-refractivity contribution >= 4 is 34.4 Å². The molecule has 1 aliphatic carbocycles. The molecule has 0 fully saturated rings. The van der Waals surface area contributed by atoms with E-state index in [1.54, 1.807) is 36.0 Å². The molecule has 206 valence electrons. The molecule has 6 rings (SSSR count). The number of hydrogen-bond acceptors (Lipinski definition) is 7. The number of fused-ring (bicyclic) bond motifs is 2. The zero-order chi connectivity index (χ0) is 28.2. The summed E-state index contributed by atoms with van der Waals surface area (Å²) in [6, 6.07) is 25.0. The van der Waals surface area contributed by atoms with Crippen LogP contribution >= 0.6 is 11.8 Å². The molecule has 41 heavy (non-hydrogen) atoms. The van der Waals surface area contributed by atoms with Crippen LogP contribution in [-0.2, 0) is 41.1 Å². The average molecular weight is 563 g/mol.